The van der Waals surface area contributed by atoms with Crippen molar-refractivity contribution in [2.75, 3.05) is 11.9 Å². The summed E-state index contributed by atoms with van der Waals surface area (Å²) in [6.07, 6.45) is -0.0123. The fraction of sp³-hybridized carbons (Fsp3) is 0.312. The van der Waals surface area contributed by atoms with E-state index in [0.29, 0.717) is 5.13 Å². The van der Waals surface area contributed by atoms with Gasteiger partial charge >= 0.3 is 12.0 Å². The van der Waals surface area contributed by atoms with Gasteiger partial charge in [0, 0.05) is 17.5 Å². The second-order valence-corrected chi connectivity index (χ2v) is 5.93. The zero-order chi connectivity index (χ0) is 16.7. The number of benzene rings is 1. The molecule has 0 aliphatic carbocycles. The van der Waals surface area contributed by atoms with Crippen LogP contribution >= 0.6 is 11.3 Å². The van der Waals surface area contributed by atoms with Crippen LogP contribution in [0.4, 0.5) is 9.93 Å². The quantitative estimate of drug-likeness (QED) is 0.795. The van der Waals surface area contributed by atoms with Gasteiger partial charge in [-0.15, -0.1) is 11.3 Å². The molecule has 0 fully saturated rings. The third-order valence-electron chi connectivity index (χ3n) is 2.78. The van der Waals surface area contributed by atoms with Crippen LogP contribution in [0.1, 0.15) is 20.3 Å². The molecular formula is C16H19N3O3S. The maximum absolute atomic E-state index is 11.8. The van der Waals surface area contributed by atoms with Gasteiger partial charge in [-0.05, 0) is 13.8 Å². The second-order valence-electron chi connectivity index (χ2n) is 5.07. The van der Waals surface area contributed by atoms with Crippen LogP contribution in [-0.4, -0.2) is 29.6 Å². The van der Waals surface area contributed by atoms with E-state index < -0.39 is 6.03 Å². The molecule has 0 saturated carbocycles. The molecule has 2 amide bonds. The van der Waals surface area contributed by atoms with E-state index in [4.69, 9.17) is 4.74 Å². The Bertz CT molecular complexity index is 656. The highest BCUT2D eigenvalue weighted by atomic mass is 32.1. The topological polar surface area (TPSA) is 80.3 Å². The number of aromatic nitrogens is 1. The molecule has 0 aliphatic heterocycles. The molecule has 1 aromatic heterocycles. The average molecular weight is 333 g/mol. The maximum Gasteiger partial charge on any atom is 0.321 e. The fourth-order valence-electron chi connectivity index (χ4n) is 1.81. The first-order chi connectivity index (χ1) is 11.0. The number of nitrogens with zero attached hydrogens (tertiary/aromatic N) is 1. The van der Waals surface area contributed by atoms with Crippen molar-refractivity contribution in [2.45, 2.75) is 26.4 Å². The Morgan fingerprint density at radius 1 is 1.26 bits per heavy atom. The van der Waals surface area contributed by atoms with Crippen LogP contribution in [0.3, 0.4) is 0 Å². The van der Waals surface area contributed by atoms with E-state index in [9.17, 15) is 9.59 Å². The summed E-state index contributed by atoms with van der Waals surface area (Å²) in [5.41, 5.74) is 1.81. The summed E-state index contributed by atoms with van der Waals surface area (Å²) in [4.78, 5) is 27.5. The van der Waals surface area contributed by atoms with Crippen molar-refractivity contribution in [3.05, 3.63) is 35.7 Å². The second kappa shape index (κ2) is 8.28. The summed E-state index contributed by atoms with van der Waals surface area (Å²) in [7, 11) is 0. The average Bonchev–Trinajstić information content (AvgIpc) is 2.95. The molecule has 0 radical (unpaired) electrons. The molecule has 0 unspecified atom stereocenters. The lowest BCUT2D eigenvalue weighted by atomic mass is 10.2. The van der Waals surface area contributed by atoms with E-state index >= 15 is 0 Å². The largest absolute Gasteiger partial charge is 0.463 e. The molecule has 122 valence electrons. The number of nitrogens with one attached hydrogen (secondary N) is 2. The van der Waals surface area contributed by atoms with E-state index in [1.54, 1.807) is 13.8 Å². The highest BCUT2D eigenvalue weighted by Crippen LogP contribution is 2.24. The molecule has 7 heteroatoms. The molecule has 0 spiro atoms. The third-order valence-corrected chi connectivity index (χ3v) is 3.53. The van der Waals surface area contributed by atoms with Crippen LogP contribution in [0.15, 0.2) is 35.7 Å². The van der Waals surface area contributed by atoms with Crippen molar-refractivity contribution in [1.82, 2.24) is 10.3 Å². The predicted molar refractivity (Wildman–Crippen MR) is 90.4 cm³/mol. The summed E-state index contributed by atoms with van der Waals surface area (Å²) in [5.74, 6) is -0.332. The molecule has 1 heterocycles. The lowest BCUT2D eigenvalue weighted by Gasteiger charge is -2.08. The van der Waals surface area contributed by atoms with E-state index in [2.05, 4.69) is 15.6 Å². The summed E-state index contributed by atoms with van der Waals surface area (Å²) in [5, 5.41) is 7.64. The van der Waals surface area contributed by atoms with Gasteiger partial charge in [-0.2, -0.15) is 0 Å². The van der Waals surface area contributed by atoms with E-state index in [0.717, 1.165) is 11.3 Å². The zero-order valence-electron chi connectivity index (χ0n) is 13.0. The molecule has 0 atom stereocenters. The summed E-state index contributed by atoms with van der Waals surface area (Å²) < 4.78 is 4.98. The monoisotopic (exact) mass is 333 g/mol. The van der Waals surface area contributed by atoms with Crippen molar-refractivity contribution in [1.29, 1.82) is 0 Å². The van der Waals surface area contributed by atoms with Crippen LogP contribution in [0, 0.1) is 0 Å². The van der Waals surface area contributed by atoms with Crippen molar-refractivity contribution in [3.63, 3.8) is 0 Å². The van der Waals surface area contributed by atoms with Gasteiger partial charge < -0.3 is 10.1 Å². The van der Waals surface area contributed by atoms with Crippen molar-refractivity contribution >= 4 is 28.5 Å². The smallest absolute Gasteiger partial charge is 0.321 e. The Balaban J connectivity index is 1.78. The van der Waals surface area contributed by atoms with Crippen LogP contribution in [0.25, 0.3) is 11.3 Å². The minimum atomic E-state index is -0.392. The number of anilines is 1. The van der Waals surface area contributed by atoms with Gasteiger partial charge in [0.25, 0.3) is 0 Å². The first-order valence-electron chi connectivity index (χ1n) is 7.30. The molecule has 0 saturated heterocycles. The number of hydrogen-bond donors (Lipinski definition) is 2. The Morgan fingerprint density at radius 3 is 2.70 bits per heavy atom. The minimum absolute atomic E-state index is 0.138. The van der Waals surface area contributed by atoms with Gasteiger partial charge in [0.2, 0.25) is 0 Å². The first kappa shape index (κ1) is 17.0. The molecule has 0 bridgehead atoms. The lowest BCUT2D eigenvalue weighted by Crippen LogP contribution is -2.31. The molecule has 2 aromatic rings. The van der Waals surface area contributed by atoms with Gasteiger partial charge in [-0.25, -0.2) is 9.78 Å². The summed E-state index contributed by atoms with van der Waals surface area (Å²) in [6, 6.07) is 9.33. The fourth-order valence-corrected chi connectivity index (χ4v) is 2.53. The predicted octanol–water partition coefficient (Wildman–Crippen LogP) is 3.27. The molecule has 6 nitrogen and oxygen atoms in total. The number of urea groups is 1. The highest BCUT2D eigenvalue weighted by Gasteiger charge is 2.09. The molecule has 0 aliphatic rings. The maximum atomic E-state index is 11.8. The van der Waals surface area contributed by atoms with Crippen LogP contribution < -0.4 is 10.6 Å². The minimum Gasteiger partial charge on any atom is -0.463 e. The number of carbonyl (C=O) groups excluding carboxylic acids is 2. The van der Waals surface area contributed by atoms with E-state index in [-0.39, 0.29) is 25.0 Å². The van der Waals surface area contributed by atoms with E-state index in [1.165, 1.54) is 11.3 Å². The van der Waals surface area contributed by atoms with Crippen LogP contribution in [-0.2, 0) is 9.53 Å². The molecular weight excluding hydrogens is 314 g/mol. The Labute approximate surface area is 138 Å². The molecule has 1 aromatic carbocycles. The van der Waals surface area contributed by atoms with Gasteiger partial charge in [0.15, 0.2) is 5.13 Å². The third kappa shape index (κ3) is 5.71. The normalized spacial score (nSPS) is 10.4. The summed E-state index contributed by atoms with van der Waals surface area (Å²) in [6.45, 7) is 3.78. The Hall–Kier alpha value is -2.41. The number of amides is 2. The van der Waals surface area contributed by atoms with Gasteiger partial charge in [-0.1, -0.05) is 30.3 Å². The number of thiazole rings is 1. The Morgan fingerprint density at radius 2 is 2.00 bits per heavy atom. The number of carbonyl (C=O) groups is 2. The van der Waals surface area contributed by atoms with Gasteiger partial charge in [0.05, 0.1) is 18.2 Å². The molecule has 23 heavy (non-hydrogen) atoms. The number of ether oxygens (including phenoxy) is 1. The lowest BCUT2D eigenvalue weighted by molar-refractivity contribution is -0.147. The van der Waals surface area contributed by atoms with Crippen molar-refractivity contribution < 1.29 is 14.3 Å². The number of hydrogen-bond acceptors (Lipinski definition) is 5. The standard InChI is InChI=1S/C16H19N3O3S/c1-11(2)22-14(20)8-9-17-15(21)19-16-18-13(10-23-16)12-6-4-3-5-7-12/h3-7,10-11H,8-9H2,1-2H3,(H2,17,18,19,21). The van der Waals surface area contributed by atoms with Gasteiger partial charge in [0.1, 0.15) is 0 Å². The number of esters is 1. The number of rotatable bonds is 6. The van der Waals surface area contributed by atoms with Crippen molar-refractivity contribution in [2.24, 2.45) is 0 Å². The highest BCUT2D eigenvalue weighted by molar-refractivity contribution is 7.14. The van der Waals surface area contributed by atoms with Gasteiger partial charge in [-0.3, -0.25) is 10.1 Å². The summed E-state index contributed by atoms with van der Waals surface area (Å²) >= 11 is 1.35. The van der Waals surface area contributed by atoms with E-state index in [1.807, 2.05) is 35.7 Å². The SMILES string of the molecule is CC(C)OC(=O)CCNC(=O)Nc1nc(-c2ccccc2)cs1. The molecule has 2 N–H and O–H groups in total. The van der Waals surface area contributed by atoms with Crippen molar-refractivity contribution in [3.8, 4) is 11.3 Å². The van der Waals surface area contributed by atoms with Crippen LogP contribution in [0.2, 0.25) is 0 Å². The van der Waals surface area contributed by atoms with Crippen LogP contribution in [0.5, 0.6) is 0 Å². The first-order valence-corrected chi connectivity index (χ1v) is 8.18. The zero-order valence-corrected chi connectivity index (χ0v) is 13.9. The molecule has 2 rings (SSSR count). The Kier molecular flexibility index (Phi) is 6.10.